The third-order valence-electron chi connectivity index (χ3n) is 10.6. The van der Waals surface area contributed by atoms with E-state index in [1.165, 1.54) is 54.2 Å². The van der Waals surface area contributed by atoms with Gasteiger partial charge >= 0.3 is 0 Å². The van der Waals surface area contributed by atoms with Crippen LogP contribution >= 0.6 is 0 Å². The normalized spacial score (nSPS) is 12.2. The molecule has 228 valence electrons. The molecule has 2 aromatic heterocycles. The first-order valence-electron chi connectivity index (χ1n) is 16.9. The molecule has 2 nitrogen and oxygen atoms in total. The molecule has 11 aromatic rings. The molecule has 0 bridgehead atoms. The molecule has 0 radical (unpaired) electrons. The van der Waals surface area contributed by atoms with Crippen LogP contribution in [0.25, 0.3) is 109 Å². The van der Waals surface area contributed by atoms with Gasteiger partial charge in [0.1, 0.15) is 22.3 Å². The van der Waals surface area contributed by atoms with Crippen LogP contribution in [0.4, 0.5) is 0 Å². The molecule has 49 heavy (non-hydrogen) atoms. The lowest BCUT2D eigenvalue weighted by Gasteiger charge is -2.17. The number of hydrogen-bond acceptors (Lipinski definition) is 2. The third-order valence-corrected chi connectivity index (χ3v) is 10.6. The first-order valence-corrected chi connectivity index (χ1v) is 16.9. The molecular formula is C47H28O2. The van der Waals surface area contributed by atoms with E-state index in [0.29, 0.717) is 0 Å². The number of para-hydroxylation sites is 2. The number of benzene rings is 9. The molecule has 0 N–H and O–H groups in total. The molecule has 2 heteroatoms. The molecule has 0 unspecified atom stereocenters. The lowest BCUT2D eigenvalue weighted by Crippen LogP contribution is -1.91. The van der Waals surface area contributed by atoms with Crippen LogP contribution in [0.2, 0.25) is 0 Å². The van der Waals surface area contributed by atoms with Crippen LogP contribution in [-0.2, 0) is 0 Å². The van der Waals surface area contributed by atoms with Crippen LogP contribution in [0.1, 0.15) is 5.56 Å². The van der Waals surface area contributed by atoms with E-state index in [1.54, 1.807) is 0 Å². The van der Waals surface area contributed by atoms with Gasteiger partial charge in [0.25, 0.3) is 0 Å². The van der Waals surface area contributed by atoms with Crippen LogP contribution in [-0.4, -0.2) is 0 Å². The van der Waals surface area contributed by atoms with Crippen molar-refractivity contribution in [1.82, 2.24) is 0 Å². The van der Waals surface area contributed by atoms with Gasteiger partial charge < -0.3 is 8.83 Å². The molecule has 0 amide bonds. The van der Waals surface area contributed by atoms with Crippen molar-refractivity contribution < 1.29 is 8.83 Å². The Bertz CT molecular complexity index is 3120. The summed E-state index contributed by atoms with van der Waals surface area (Å²) >= 11 is 0. The molecule has 0 aliphatic rings. The molecule has 0 saturated carbocycles. The van der Waals surface area contributed by atoms with Crippen molar-refractivity contribution in [2.45, 2.75) is 6.92 Å². The lowest BCUT2D eigenvalue weighted by molar-refractivity contribution is 0.666. The SMILES string of the molecule is Cc1cccc2c1oc1cc(-c3c4ccccc4c(-c4cccc5c4oc4c6ccccc6c6ccccc6c54)c4ccccc34)ccc12. The van der Waals surface area contributed by atoms with E-state index < -0.39 is 0 Å². The zero-order valence-corrected chi connectivity index (χ0v) is 26.8. The van der Waals surface area contributed by atoms with Gasteiger partial charge in [-0.2, -0.15) is 0 Å². The van der Waals surface area contributed by atoms with Gasteiger partial charge in [-0.3, -0.25) is 0 Å². The van der Waals surface area contributed by atoms with Crippen molar-refractivity contribution in [1.29, 1.82) is 0 Å². The average molecular weight is 625 g/mol. The van der Waals surface area contributed by atoms with Crippen LogP contribution in [0.5, 0.6) is 0 Å². The summed E-state index contributed by atoms with van der Waals surface area (Å²) in [6, 6.07) is 54.6. The van der Waals surface area contributed by atoms with E-state index >= 15 is 0 Å². The Morgan fingerprint density at radius 1 is 0.347 bits per heavy atom. The van der Waals surface area contributed by atoms with Crippen molar-refractivity contribution >= 4 is 87.0 Å². The Balaban J connectivity index is 1.25. The van der Waals surface area contributed by atoms with Gasteiger partial charge in [0.05, 0.1) is 0 Å². The van der Waals surface area contributed by atoms with E-state index in [0.717, 1.165) is 60.6 Å². The molecule has 0 atom stereocenters. The van der Waals surface area contributed by atoms with Crippen molar-refractivity contribution in [3.05, 3.63) is 157 Å². The number of hydrogen-bond donors (Lipinski definition) is 0. The van der Waals surface area contributed by atoms with Crippen LogP contribution in [0.15, 0.2) is 160 Å². The average Bonchev–Trinajstić information content (AvgIpc) is 3.74. The Morgan fingerprint density at radius 3 is 1.59 bits per heavy atom. The van der Waals surface area contributed by atoms with Crippen molar-refractivity contribution in [2.24, 2.45) is 0 Å². The summed E-state index contributed by atoms with van der Waals surface area (Å²) < 4.78 is 13.5. The predicted molar refractivity (Wildman–Crippen MR) is 207 cm³/mol. The van der Waals surface area contributed by atoms with Gasteiger partial charge in [-0.25, -0.2) is 0 Å². The fourth-order valence-electron chi connectivity index (χ4n) is 8.45. The van der Waals surface area contributed by atoms with Crippen LogP contribution in [0, 0.1) is 6.92 Å². The minimum absolute atomic E-state index is 0.908. The van der Waals surface area contributed by atoms with Gasteiger partial charge in [-0.1, -0.05) is 140 Å². The Kier molecular flexibility index (Phi) is 5.34. The standard InChI is InChI=1S/C47H28O2/c1-27-12-10-21-38-31-25-24-28(26-41(31)48-45(27)38)42-33-16-5-7-18-35(33)43(36-19-8-6-17-34(36)42)39-22-11-23-40-44-32-15-4-2-13-29(32)30-14-3-9-20-37(30)47(44)49-46(39)40/h2-26H,1H3. The molecule has 0 aliphatic carbocycles. The summed E-state index contributed by atoms with van der Waals surface area (Å²) in [7, 11) is 0. The van der Waals surface area contributed by atoms with E-state index in [-0.39, 0.29) is 0 Å². The number of furan rings is 2. The quantitative estimate of drug-likeness (QED) is 0.141. The fraction of sp³-hybridized carbons (Fsp3) is 0.0213. The van der Waals surface area contributed by atoms with Crippen molar-refractivity contribution in [2.75, 3.05) is 0 Å². The fourth-order valence-corrected chi connectivity index (χ4v) is 8.45. The lowest BCUT2D eigenvalue weighted by atomic mass is 9.85. The van der Waals surface area contributed by atoms with Gasteiger partial charge in [-0.15, -0.1) is 0 Å². The first-order chi connectivity index (χ1) is 24.2. The first kappa shape index (κ1) is 26.7. The number of aryl methyl sites for hydroxylation is 1. The number of rotatable bonds is 2. The van der Waals surface area contributed by atoms with Crippen molar-refractivity contribution in [3.8, 4) is 22.3 Å². The largest absolute Gasteiger partial charge is 0.456 e. The zero-order chi connectivity index (χ0) is 32.2. The zero-order valence-electron chi connectivity index (χ0n) is 26.8. The highest BCUT2D eigenvalue weighted by Crippen LogP contribution is 2.48. The van der Waals surface area contributed by atoms with Gasteiger partial charge in [-0.05, 0) is 73.5 Å². The molecule has 0 aliphatic heterocycles. The second-order valence-corrected chi connectivity index (χ2v) is 13.2. The monoisotopic (exact) mass is 624 g/mol. The van der Waals surface area contributed by atoms with Crippen LogP contribution < -0.4 is 0 Å². The highest BCUT2D eigenvalue weighted by Gasteiger charge is 2.22. The molecule has 0 spiro atoms. The van der Waals surface area contributed by atoms with E-state index in [1.807, 2.05) is 0 Å². The third kappa shape index (κ3) is 3.61. The van der Waals surface area contributed by atoms with Gasteiger partial charge in [0, 0.05) is 38.1 Å². The smallest absolute Gasteiger partial charge is 0.143 e. The molecule has 2 heterocycles. The van der Waals surface area contributed by atoms with Crippen molar-refractivity contribution in [3.63, 3.8) is 0 Å². The molecular weight excluding hydrogens is 597 g/mol. The Morgan fingerprint density at radius 2 is 0.878 bits per heavy atom. The summed E-state index contributed by atoms with van der Waals surface area (Å²) in [5.41, 5.74) is 9.52. The second-order valence-electron chi connectivity index (χ2n) is 13.2. The summed E-state index contributed by atoms with van der Waals surface area (Å²) in [5, 5.41) is 14.2. The highest BCUT2D eigenvalue weighted by molar-refractivity contribution is 6.32. The second kappa shape index (κ2) is 9.82. The molecule has 0 saturated heterocycles. The topological polar surface area (TPSA) is 26.3 Å². The Labute approximate surface area is 281 Å². The maximum absolute atomic E-state index is 7.05. The Hall–Kier alpha value is -6.38. The van der Waals surface area contributed by atoms with E-state index in [2.05, 4.69) is 159 Å². The van der Waals surface area contributed by atoms with Gasteiger partial charge in [0.15, 0.2) is 0 Å². The summed E-state index contributed by atoms with van der Waals surface area (Å²) in [4.78, 5) is 0. The maximum atomic E-state index is 7.05. The summed E-state index contributed by atoms with van der Waals surface area (Å²) in [5.74, 6) is 0. The van der Waals surface area contributed by atoms with Crippen LogP contribution in [0.3, 0.4) is 0 Å². The highest BCUT2D eigenvalue weighted by atomic mass is 16.3. The van der Waals surface area contributed by atoms with E-state index in [9.17, 15) is 0 Å². The summed E-state index contributed by atoms with van der Waals surface area (Å²) in [6.07, 6.45) is 0. The maximum Gasteiger partial charge on any atom is 0.143 e. The van der Waals surface area contributed by atoms with E-state index in [4.69, 9.17) is 8.83 Å². The molecule has 0 fully saturated rings. The number of fused-ring (bicyclic) bond motifs is 13. The minimum atomic E-state index is 0.908. The molecule has 9 aromatic carbocycles. The van der Waals surface area contributed by atoms with Gasteiger partial charge in [0.2, 0.25) is 0 Å². The predicted octanol–water partition coefficient (Wildman–Crippen LogP) is 13.7. The minimum Gasteiger partial charge on any atom is -0.456 e. The molecule has 11 rings (SSSR count). The summed E-state index contributed by atoms with van der Waals surface area (Å²) in [6.45, 7) is 2.11.